The number of benzene rings is 2. The summed E-state index contributed by atoms with van der Waals surface area (Å²) in [4.78, 5) is 55.7. The van der Waals surface area contributed by atoms with E-state index in [9.17, 15) is 23.6 Å². The molecule has 0 bridgehead atoms. The van der Waals surface area contributed by atoms with Crippen LogP contribution in [-0.4, -0.2) is 39.9 Å². The first-order valence-electron chi connectivity index (χ1n) is 10.9. The van der Waals surface area contributed by atoms with Crippen molar-refractivity contribution >= 4 is 23.4 Å². The summed E-state index contributed by atoms with van der Waals surface area (Å²) in [5.74, 6) is -4.76. The lowest BCUT2D eigenvalue weighted by Gasteiger charge is -2.29. The normalized spacial score (nSPS) is 28.8. The summed E-state index contributed by atoms with van der Waals surface area (Å²) in [7, 11) is 0. The lowest BCUT2D eigenvalue weighted by Crippen LogP contribution is -2.51. The molecule has 1 saturated carbocycles. The highest BCUT2D eigenvalue weighted by Crippen LogP contribution is 2.57. The number of carbonyl (C=O) groups is 4. The highest BCUT2D eigenvalue weighted by molar-refractivity contribution is 6.35. The highest BCUT2D eigenvalue weighted by Gasteiger charge is 2.75. The second-order valence-electron chi connectivity index (χ2n) is 9.02. The minimum atomic E-state index is -2.06. The zero-order valence-corrected chi connectivity index (χ0v) is 17.1. The number of imide groups is 1. The minimum absolute atomic E-state index is 0.204. The Morgan fingerprint density at radius 1 is 0.844 bits per heavy atom. The summed E-state index contributed by atoms with van der Waals surface area (Å²) in [6.45, 7) is 0. The van der Waals surface area contributed by atoms with Crippen molar-refractivity contribution in [2.75, 3.05) is 0 Å². The second kappa shape index (κ2) is 6.65. The SMILES string of the molecule is O=C1[C@@H]2[C@H](c3ccc(F)cc3)OC3(C(=O)c4ccccc4C3=O)[C@H]2C(=O)N1C1CCCC1. The third-order valence-electron chi connectivity index (χ3n) is 7.44. The summed E-state index contributed by atoms with van der Waals surface area (Å²) in [6.07, 6.45) is 2.28. The molecule has 7 heteroatoms. The summed E-state index contributed by atoms with van der Waals surface area (Å²) in [5.41, 5.74) is -1.19. The smallest absolute Gasteiger partial charge is 0.237 e. The molecular weight excluding hydrogens is 413 g/mol. The van der Waals surface area contributed by atoms with Gasteiger partial charge in [-0.1, -0.05) is 49.2 Å². The number of hydrogen-bond acceptors (Lipinski definition) is 5. The molecule has 32 heavy (non-hydrogen) atoms. The van der Waals surface area contributed by atoms with Crippen LogP contribution in [0.1, 0.15) is 58.1 Å². The van der Waals surface area contributed by atoms with E-state index in [1.54, 1.807) is 24.3 Å². The van der Waals surface area contributed by atoms with Gasteiger partial charge in [0.15, 0.2) is 0 Å². The largest absolute Gasteiger partial charge is 0.349 e. The molecule has 2 aliphatic carbocycles. The van der Waals surface area contributed by atoms with Gasteiger partial charge in [-0.2, -0.15) is 0 Å². The van der Waals surface area contributed by atoms with Crippen LogP contribution in [0.2, 0.25) is 0 Å². The van der Waals surface area contributed by atoms with E-state index in [0.29, 0.717) is 18.4 Å². The van der Waals surface area contributed by atoms with Crippen LogP contribution in [0.5, 0.6) is 0 Å². The van der Waals surface area contributed by atoms with Crippen molar-refractivity contribution in [3.05, 3.63) is 71.0 Å². The van der Waals surface area contributed by atoms with Crippen LogP contribution in [0.3, 0.4) is 0 Å². The third-order valence-corrected chi connectivity index (χ3v) is 7.44. The number of amides is 2. The Morgan fingerprint density at radius 2 is 1.44 bits per heavy atom. The molecule has 2 aliphatic heterocycles. The van der Waals surface area contributed by atoms with E-state index >= 15 is 0 Å². The number of ether oxygens (including phenoxy) is 1. The molecule has 0 N–H and O–H groups in total. The van der Waals surface area contributed by atoms with Crippen LogP contribution < -0.4 is 0 Å². The lowest BCUT2D eigenvalue weighted by molar-refractivity contribution is -0.147. The van der Waals surface area contributed by atoms with E-state index < -0.39 is 52.7 Å². The Kier molecular flexibility index (Phi) is 4.05. The molecule has 3 fully saturated rings. The quantitative estimate of drug-likeness (QED) is 0.537. The highest BCUT2D eigenvalue weighted by atomic mass is 19.1. The monoisotopic (exact) mass is 433 g/mol. The maximum Gasteiger partial charge on any atom is 0.237 e. The maximum absolute atomic E-state index is 13.7. The van der Waals surface area contributed by atoms with Gasteiger partial charge in [-0.3, -0.25) is 24.1 Å². The average Bonchev–Trinajstić information content (AvgIpc) is 3.54. The van der Waals surface area contributed by atoms with Gasteiger partial charge in [-0.25, -0.2) is 4.39 Å². The molecule has 0 aromatic heterocycles. The Labute approximate surface area is 183 Å². The standard InChI is InChI=1S/C25H20FNO5/c26-14-11-9-13(10-12-14)20-18-19(24(31)27(23(18)30)15-5-1-2-6-15)25(32-20)21(28)16-7-3-4-8-17(16)22(25)29/h3-4,7-12,15,18-20H,1-2,5-6H2/t18-,19+,20-/m0/s1. The maximum atomic E-state index is 13.7. The zero-order chi connectivity index (χ0) is 22.2. The molecule has 0 unspecified atom stereocenters. The Hall–Kier alpha value is -3.19. The zero-order valence-electron chi connectivity index (χ0n) is 17.1. The summed E-state index contributed by atoms with van der Waals surface area (Å²) in [5, 5.41) is 0. The molecule has 6 nitrogen and oxygen atoms in total. The molecule has 2 aromatic carbocycles. The van der Waals surface area contributed by atoms with Crippen molar-refractivity contribution in [2.45, 2.75) is 43.4 Å². The number of nitrogens with zero attached hydrogens (tertiary/aromatic N) is 1. The molecule has 162 valence electrons. The van der Waals surface area contributed by atoms with Crippen LogP contribution in [0.15, 0.2) is 48.5 Å². The minimum Gasteiger partial charge on any atom is -0.349 e. The van der Waals surface area contributed by atoms with Crippen molar-refractivity contribution in [1.29, 1.82) is 0 Å². The van der Waals surface area contributed by atoms with E-state index in [1.807, 2.05) is 0 Å². The van der Waals surface area contributed by atoms with Gasteiger partial charge in [0.1, 0.15) is 5.82 Å². The van der Waals surface area contributed by atoms with E-state index in [4.69, 9.17) is 4.74 Å². The van der Waals surface area contributed by atoms with Crippen molar-refractivity contribution in [3.63, 3.8) is 0 Å². The van der Waals surface area contributed by atoms with Crippen LogP contribution in [-0.2, 0) is 14.3 Å². The van der Waals surface area contributed by atoms with Gasteiger partial charge >= 0.3 is 0 Å². The first kappa shape index (κ1) is 19.5. The van der Waals surface area contributed by atoms with Crippen molar-refractivity contribution in [3.8, 4) is 0 Å². The van der Waals surface area contributed by atoms with Crippen molar-refractivity contribution in [1.82, 2.24) is 4.90 Å². The van der Waals surface area contributed by atoms with Gasteiger partial charge in [-0.05, 0) is 30.5 Å². The van der Waals surface area contributed by atoms with Crippen LogP contribution >= 0.6 is 0 Å². The second-order valence-corrected chi connectivity index (χ2v) is 9.02. The Morgan fingerprint density at radius 3 is 2.03 bits per heavy atom. The Balaban J connectivity index is 1.52. The van der Waals surface area contributed by atoms with Gasteiger partial charge in [0.05, 0.1) is 17.9 Å². The molecule has 2 heterocycles. The first-order chi connectivity index (χ1) is 15.4. The number of Topliss-reactive ketones (excluding diaryl/α,β-unsaturated/α-hetero) is 2. The number of carbonyl (C=O) groups excluding carboxylic acids is 4. The number of rotatable bonds is 2. The fourth-order valence-electron chi connectivity index (χ4n) is 6.02. The number of likely N-dealkylation sites (tertiary alicyclic amines) is 1. The van der Waals surface area contributed by atoms with Gasteiger partial charge in [0.2, 0.25) is 29.0 Å². The summed E-state index contributed by atoms with van der Waals surface area (Å²) >= 11 is 0. The number of fused-ring (bicyclic) bond motifs is 3. The number of halogens is 1. The fourth-order valence-corrected chi connectivity index (χ4v) is 6.02. The molecule has 4 aliphatic rings. The molecular formula is C25H20FNO5. The van der Waals surface area contributed by atoms with Crippen LogP contribution in [0, 0.1) is 17.7 Å². The average molecular weight is 433 g/mol. The van der Waals surface area contributed by atoms with E-state index in [2.05, 4.69) is 0 Å². The van der Waals surface area contributed by atoms with Crippen LogP contribution in [0.4, 0.5) is 4.39 Å². The van der Waals surface area contributed by atoms with E-state index in [-0.39, 0.29) is 17.2 Å². The van der Waals surface area contributed by atoms with Crippen LogP contribution in [0.25, 0.3) is 0 Å². The van der Waals surface area contributed by atoms with Gasteiger partial charge in [-0.15, -0.1) is 0 Å². The molecule has 3 atom stereocenters. The number of ketones is 2. The first-order valence-corrected chi connectivity index (χ1v) is 10.9. The molecule has 6 rings (SSSR count). The van der Waals surface area contributed by atoms with Gasteiger partial charge < -0.3 is 4.74 Å². The van der Waals surface area contributed by atoms with Gasteiger partial charge in [0.25, 0.3) is 0 Å². The summed E-state index contributed by atoms with van der Waals surface area (Å²) < 4.78 is 19.7. The van der Waals surface area contributed by atoms with E-state index in [0.717, 1.165) is 12.8 Å². The molecule has 2 aromatic rings. The molecule has 2 saturated heterocycles. The number of hydrogen-bond donors (Lipinski definition) is 0. The molecule has 1 spiro atoms. The third kappa shape index (κ3) is 2.32. The van der Waals surface area contributed by atoms with Crippen molar-refractivity contribution in [2.24, 2.45) is 11.8 Å². The lowest BCUT2D eigenvalue weighted by atomic mass is 9.77. The predicted octanol–water partition coefficient (Wildman–Crippen LogP) is 3.26. The fraction of sp³-hybridized carbons (Fsp3) is 0.360. The molecule has 2 amide bonds. The summed E-state index contributed by atoms with van der Waals surface area (Å²) in [6, 6.07) is 11.6. The topological polar surface area (TPSA) is 80.8 Å². The van der Waals surface area contributed by atoms with Gasteiger partial charge in [0, 0.05) is 17.2 Å². The van der Waals surface area contributed by atoms with Crippen molar-refractivity contribution < 1.29 is 28.3 Å². The Bertz CT molecular complexity index is 1150. The predicted molar refractivity (Wildman–Crippen MR) is 109 cm³/mol. The molecule has 0 radical (unpaired) electrons. The van der Waals surface area contributed by atoms with E-state index in [1.165, 1.54) is 29.2 Å².